The summed E-state index contributed by atoms with van der Waals surface area (Å²) in [5.41, 5.74) is -0.341. The van der Waals surface area contributed by atoms with E-state index in [9.17, 15) is 24.8 Å². The fraction of sp³-hybridized carbons (Fsp3) is 0.200. The number of non-ortho nitro benzene ring substituents is 1. The number of hydrogen-bond acceptors (Lipinski definition) is 9. The van der Waals surface area contributed by atoms with Crippen LogP contribution in [-0.4, -0.2) is 53.4 Å². The van der Waals surface area contributed by atoms with Crippen molar-refractivity contribution in [2.45, 2.75) is 0 Å². The normalized spacial score (nSPS) is 14.8. The maximum absolute atomic E-state index is 12.7. The lowest BCUT2D eigenvalue weighted by molar-refractivity contribution is -0.385. The predicted molar refractivity (Wildman–Crippen MR) is 112 cm³/mol. The molecule has 0 aromatic heterocycles. The monoisotopic (exact) mass is 446 g/mol. The molecule has 162 valence electrons. The molecule has 0 unspecified atom stereocenters. The minimum atomic E-state index is -0.653. The van der Waals surface area contributed by atoms with Gasteiger partial charge in [-0.05, 0) is 30.0 Å². The molecule has 31 heavy (non-hydrogen) atoms. The van der Waals surface area contributed by atoms with Gasteiger partial charge in [-0.1, -0.05) is 12.1 Å². The van der Waals surface area contributed by atoms with Crippen LogP contribution in [0.4, 0.5) is 10.5 Å². The smallest absolute Gasteiger partial charge is 0.293 e. The molecule has 1 heterocycles. The second kappa shape index (κ2) is 9.39. The van der Waals surface area contributed by atoms with Gasteiger partial charge in [0.05, 0.1) is 36.7 Å². The zero-order chi connectivity index (χ0) is 22.5. The molecule has 0 spiro atoms. The molecule has 10 nitrogen and oxygen atoms in total. The van der Waals surface area contributed by atoms with E-state index in [4.69, 9.17) is 14.2 Å². The van der Waals surface area contributed by atoms with Crippen molar-refractivity contribution < 1.29 is 33.8 Å². The van der Waals surface area contributed by atoms with Gasteiger partial charge in [-0.15, -0.1) is 0 Å². The number of carbonyl (C=O) groups excluding carboxylic acids is 2. The first-order valence-corrected chi connectivity index (χ1v) is 9.74. The Kier molecular flexibility index (Phi) is 6.65. The Bertz CT molecular complexity index is 1070. The molecule has 0 saturated carbocycles. The van der Waals surface area contributed by atoms with Crippen molar-refractivity contribution in [3.63, 3.8) is 0 Å². The molecule has 2 amide bonds. The quantitative estimate of drug-likeness (QED) is 0.368. The van der Waals surface area contributed by atoms with Crippen LogP contribution in [0.5, 0.6) is 23.0 Å². The third-order valence-electron chi connectivity index (χ3n) is 4.32. The van der Waals surface area contributed by atoms with E-state index < -0.39 is 16.1 Å². The second-order valence-electron chi connectivity index (χ2n) is 6.18. The van der Waals surface area contributed by atoms with Crippen molar-refractivity contribution in [2.75, 3.05) is 27.4 Å². The van der Waals surface area contributed by atoms with Gasteiger partial charge in [0.1, 0.15) is 6.61 Å². The zero-order valence-corrected chi connectivity index (χ0v) is 17.4. The highest BCUT2D eigenvalue weighted by Gasteiger charge is 2.35. The Morgan fingerprint density at radius 1 is 1.13 bits per heavy atom. The molecule has 1 fully saturated rings. The number of phenols is 1. The number of rotatable bonds is 8. The molecular weight excluding hydrogens is 428 g/mol. The van der Waals surface area contributed by atoms with Gasteiger partial charge in [0, 0.05) is 11.6 Å². The Hall–Kier alpha value is -3.73. The molecule has 1 aliphatic heterocycles. The second-order valence-corrected chi connectivity index (χ2v) is 7.17. The number of nitro groups is 1. The average molecular weight is 446 g/mol. The maximum atomic E-state index is 12.7. The summed E-state index contributed by atoms with van der Waals surface area (Å²) in [4.78, 5) is 36.4. The number of methoxy groups -OCH3 is 2. The molecule has 1 saturated heterocycles. The van der Waals surface area contributed by atoms with E-state index in [2.05, 4.69) is 0 Å². The van der Waals surface area contributed by atoms with Crippen molar-refractivity contribution in [1.82, 2.24) is 4.90 Å². The molecule has 11 heteroatoms. The van der Waals surface area contributed by atoms with Gasteiger partial charge >= 0.3 is 0 Å². The number of phenolic OH excluding ortho intramolecular Hbond substituents is 1. The topological polar surface area (TPSA) is 128 Å². The molecular formula is C20H18N2O8S. The van der Waals surface area contributed by atoms with Gasteiger partial charge in [0.2, 0.25) is 0 Å². The van der Waals surface area contributed by atoms with E-state index in [0.29, 0.717) is 23.3 Å². The molecule has 0 atom stereocenters. The summed E-state index contributed by atoms with van der Waals surface area (Å²) in [6, 6.07) is 9.12. The summed E-state index contributed by atoms with van der Waals surface area (Å²) in [6.45, 7) is 0.0336. The van der Waals surface area contributed by atoms with E-state index >= 15 is 0 Å². The number of para-hydroxylation sites is 2. The molecule has 0 aliphatic carbocycles. The summed E-state index contributed by atoms with van der Waals surface area (Å²) >= 11 is 0.663. The lowest BCUT2D eigenvalue weighted by Gasteiger charge is -2.14. The first kappa shape index (κ1) is 22.0. The number of hydrogen-bond donors (Lipinski definition) is 1. The highest BCUT2D eigenvalue weighted by atomic mass is 32.2. The third kappa shape index (κ3) is 4.72. The van der Waals surface area contributed by atoms with Crippen LogP contribution in [0.3, 0.4) is 0 Å². The van der Waals surface area contributed by atoms with Crippen molar-refractivity contribution in [3.8, 4) is 23.0 Å². The predicted octanol–water partition coefficient (Wildman–Crippen LogP) is 3.43. The van der Waals surface area contributed by atoms with E-state index in [1.165, 1.54) is 20.3 Å². The van der Waals surface area contributed by atoms with Gasteiger partial charge in [0.15, 0.2) is 23.0 Å². The van der Waals surface area contributed by atoms with Crippen LogP contribution in [0.25, 0.3) is 6.08 Å². The molecule has 0 bridgehead atoms. The summed E-state index contributed by atoms with van der Waals surface area (Å²) in [7, 11) is 2.75. The number of carbonyl (C=O) groups is 2. The van der Waals surface area contributed by atoms with Crippen LogP contribution in [0, 0.1) is 10.1 Å². The van der Waals surface area contributed by atoms with Crippen LogP contribution >= 0.6 is 11.8 Å². The molecule has 0 radical (unpaired) electrons. The van der Waals surface area contributed by atoms with Crippen molar-refractivity contribution in [2.24, 2.45) is 0 Å². The van der Waals surface area contributed by atoms with Gasteiger partial charge in [-0.25, -0.2) is 0 Å². The fourth-order valence-electron chi connectivity index (χ4n) is 2.80. The Balaban J connectivity index is 1.76. The number of aromatic hydroxyl groups is 1. The van der Waals surface area contributed by atoms with Gasteiger partial charge in [-0.3, -0.25) is 24.6 Å². The number of thioether (sulfide) groups is 1. The highest BCUT2D eigenvalue weighted by Crippen LogP contribution is 2.39. The Labute approximate surface area is 181 Å². The van der Waals surface area contributed by atoms with E-state index in [1.54, 1.807) is 24.3 Å². The molecule has 2 aromatic carbocycles. The SMILES string of the molecule is COc1ccccc1OCCN1C(=O)S/C(=C\c2cc([N+](=O)[O-])cc(OC)c2O)C1=O. The summed E-state index contributed by atoms with van der Waals surface area (Å²) in [5.74, 6) is -0.0967. The number of nitro benzene ring substituents is 1. The Morgan fingerprint density at radius 2 is 1.81 bits per heavy atom. The molecule has 1 aliphatic rings. The average Bonchev–Trinajstić information content (AvgIpc) is 3.02. The van der Waals surface area contributed by atoms with Crippen LogP contribution in [0.1, 0.15) is 5.56 Å². The number of imide groups is 1. The van der Waals surface area contributed by atoms with E-state index in [1.807, 2.05) is 0 Å². The number of ether oxygens (including phenoxy) is 3. The summed E-state index contributed by atoms with van der Waals surface area (Å²) in [6.07, 6.45) is 1.22. The largest absolute Gasteiger partial charge is 0.504 e. The van der Waals surface area contributed by atoms with Gasteiger partial charge < -0.3 is 19.3 Å². The fourth-order valence-corrected chi connectivity index (χ4v) is 3.66. The van der Waals surface area contributed by atoms with Crippen molar-refractivity contribution >= 4 is 34.7 Å². The maximum Gasteiger partial charge on any atom is 0.293 e. The van der Waals surface area contributed by atoms with Crippen molar-refractivity contribution in [1.29, 1.82) is 0 Å². The molecule has 1 N–H and O–H groups in total. The van der Waals surface area contributed by atoms with Crippen LogP contribution in [-0.2, 0) is 4.79 Å². The lowest BCUT2D eigenvalue weighted by atomic mass is 10.1. The summed E-state index contributed by atoms with van der Waals surface area (Å²) < 4.78 is 15.7. The van der Waals surface area contributed by atoms with Crippen molar-refractivity contribution in [3.05, 3.63) is 57.0 Å². The molecule has 3 rings (SSSR count). The van der Waals surface area contributed by atoms with E-state index in [-0.39, 0.29) is 40.8 Å². The standard InChI is InChI=1S/C20H18N2O8S/c1-28-14-5-3-4-6-15(14)30-8-7-21-19(24)17(31-20(21)25)10-12-9-13(22(26)27)11-16(29-2)18(12)23/h3-6,9-11,23H,7-8H2,1-2H3/b17-10-. The number of amides is 2. The van der Waals surface area contributed by atoms with Crippen LogP contribution < -0.4 is 14.2 Å². The van der Waals surface area contributed by atoms with Gasteiger partial charge in [0.25, 0.3) is 16.8 Å². The Morgan fingerprint density at radius 3 is 2.45 bits per heavy atom. The molecule has 2 aromatic rings. The minimum absolute atomic E-state index is 0.00963. The lowest BCUT2D eigenvalue weighted by Crippen LogP contribution is -2.32. The number of benzene rings is 2. The first-order chi connectivity index (χ1) is 14.8. The number of nitrogens with zero attached hydrogens (tertiary/aromatic N) is 2. The minimum Gasteiger partial charge on any atom is -0.504 e. The van der Waals surface area contributed by atoms with Crippen LogP contribution in [0.2, 0.25) is 0 Å². The van der Waals surface area contributed by atoms with E-state index in [0.717, 1.165) is 17.0 Å². The zero-order valence-electron chi connectivity index (χ0n) is 16.6. The van der Waals surface area contributed by atoms with Gasteiger partial charge in [-0.2, -0.15) is 0 Å². The first-order valence-electron chi connectivity index (χ1n) is 8.92. The summed E-state index contributed by atoms with van der Waals surface area (Å²) in [5, 5.41) is 20.8. The van der Waals surface area contributed by atoms with Crippen LogP contribution in [0.15, 0.2) is 41.3 Å². The highest BCUT2D eigenvalue weighted by molar-refractivity contribution is 8.18. The third-order valence-corrected chi connectivity index (χ3v) is 5.23.